The fourth-order valence-electron chi connectivity index (χ4n) is 8.26. The van der Waals surface area contributed by atoms with Crippen molar-refractivity contribution < 1.29 is 0 Å². The van der Waals surface area contributed by atoms with Crippen molar-refractivity contribution in [2.45, 2.75) is 266 Å². The maximum absolute atomic E-state index is 4.57. The first-order valence-electron chi connectivity index (χ1n) is 24.1. The second-order valence-electron chi connectivity index (χ2n) is 17.0. The van der Waals surface area contributed by atoms with Gasteiger partial charge in [-0.2, -0.15) is 0 Å². The van der Waals surface area contributed by atoms with Gasteiger partial charge < -0.3 is 4.90 Å². The lowest BCUT2D eigenvalue weighted by Crippen LogP contribution is -2.27. The number of rotatable bonds is 43. The Balaban J connectivity index is 3.91. The smallest absolute Gasteiger partial charge is 0.00187 e. The molecule has 0 aromatic carbocycles. The van der Waals surface area contributed by atoms with Gasteiger partial charge in [0.1, 0.15) is 0 Å². The maximum atomic E-state index is 4.57. The van der Waals surface area contributed by atoms with Gasteiger partial charge in [0.2, 0.25) is 0 Å². The van der Waals surface area contributed by atoms with Crippen molar-refractivity contribution in [1.29, 1.82) is 0 Å². The van der Waals surface area contributed by atoms with E-state index in [9.17, 15) is 0 Å². The van der Waals surface area contributed by atoms with Crippen LogP contribution in [0.15, 0.2) is 24.3 Å². The van der Waals surface area contributed by atoms with Crippen molar-refractivity contribution in [3.8, 4) is 0 Å². The van der Waals surface area contributed by atoms with Crippen LogP contribution < -0.4 is 0 Å². The Bertz CT molecular complexity index is 652. The molecular formula is C50H99N. The SMILES string of the molecule is C=C(CCCCCCCCCCN(CCCC)CCCCCCCCCCC(=C)C(CCCC)CCCCCC)C(CCCC)CCCCCC. The number of hydrogen-bond donors (Lipinski definition) is 0. The highest BCUT2D eigenvalue weighted by molar-refractivity contribution is 5.01. The predicted molar refractivity (Wildman–Crippen MR) is 236 cm³/mol. The molecule has 0 aliphatic rings. The number of hydrogen-bond acceptors (Lipinski definition) is 1. The summed E-state index contributed by atoms with van der Waals surface area (Å²) in [5, 5.41) is 0. The highest BCUT2D eigenvalue weighted by atomic mass is 15.1. The van der Waals surface area contributed by atoms with E-state index in [1.165, 1.54) is 251 Å². The molecule has 0 heterocycles. The zero-order chi connectivity index (χ0) is 37.5. The van der Waals surface area contributed by atoms with Crippen LogP contribution in [-0.2, 0) is 0 Å². The maximum Gasteiger partial charge on any atom is -0.00187 e. The molecule has 0 N–H and O–H groups in total. The summed E-state index contributed by atoms with van der Waals surface area (Å²) in [4.78, 5) is 2.80. The summed E-state index contributed by atoms with van der Waals surface area (Å²) in [6.45, 7) is 24.8. The molecule has 0 fully saturated rings. The molecule has 2 atom stereocenters. The lowest BCUT2D eigenvalue weighted by molar-refractivity contribution is 0.256. The lowest BCUT2D eigenvalue weighted by atomic mass is 9.86. The molecule has 0 saturated heterocycles. The Labute approximate surface area is 325 Å². The summed E-state index contributed by atoms with van der Waals surface area (Å²) in [6, 6.07) is 0. The summed E-state index contributed by atoms with van der Waals surface area (Å²) in [6.07, 6.45) is 50.1. The van der Waals surface area contributed by atoms with E-state index in [0.717, 1.165) is 11.8 Å². The minimum atomic E-state index is 0.799. The van der Waals surface area contributed by atoms with Gasteiger partial charge in [0, 0.05) is 0 Å². The Hall–Kier alpha value is -0.560. The van der Waals surface area contributed by atoms with Crippen molar-refractivity contribution >= 4 is 0 Å². The third-order valence-corrected chi connectivity index (χ3v) is 12.1. The number of unbranched alkanes of at least 4 members (excludes halogenated alkanes) is 23. The largest absolute Gasteiger partial charge is 0.303 e. The normalized spacial score (nSPS) is 12.9. The van der Waals surface area contributed by atoms with Crippen LogP contribution in [0.3, 0.4) is 0 Å². The van der Waals surface area contributed by atoms with E-state index in [0.29, 0.717) is 0 Å². The first-order valence-corrected chi connectivity index (χ1v) is 24.1. The topological polar surface area (TPSA) is 3.24 Å². The van der Waals surface area contributed by atoms with E-state index in [4.69, 9.17) is 0 Å². The van der Waals surface area contributed by atoms with Gasteiger partial charge in [-0.15, -0.1) is 0 Å². The molecule has 0 saturated carbocycles. The molecule has 0 aromatic rings. The van der Waals surface area contributed by atoms with Gasteiger partial charge in [-0.25, -0.2) is 0 Å². The molecule has 0 aliphatic heterocycles. The van der Waals surface area contributed by atoms with Gasteiger partial charge in [0.05, 0.1) is 0 Å². The lowest BCUT2D eigenvalue weighted by Gasteiger charge is -2.22. The van der Waals surface area contributed by atoms with Crippen LogP contribution in [-0.4, -0.2) is 24.5 Å². The molecule has 0 amide bonds. The highest BCUT2D eigenvalue weighted by Crippen LogP contribution is 2.29. The van der Waals surface area contributed by atoms with Crippen molar-refractivity contribution in [2.24, 2.45) is 11.8 Å². The fourth-order valence-corrected chi connectivity index (χ4v) is 8.26. The summed E-state index contributed by atoms with van der Waals surface area (Å²) in [7, 11) is 0. The monoisotopic (exact) mass is 714 g/mol. The summed E-state index contributed by atoms with van der Waals surface area (Å²) < 4.78 is 0. The second-order valence-corrected chi connectivity index (χ2v) is 17.0. The average Bonchev–Trinajstić information content (AvgIpc) is 3.14. The molecule has 0 rings (SSSR count). The van der Waals surface area contributed by atoms with Gasteiger partial charge in [-0.3, -0.25) is 0 Å². The molecule has 2 unspecified atom stereocenters. The molecular weight excluding hydrogens is 615 g/mol. The third kappa shape index (κ3) is 33.7. The van der Waals surface area contributed by atoms with Crippen LogP contribution in [0.5, 0.6) is 0 Å². The van der Waals surface area contributed by atoms with Crippen LogP contribution in [0.2, 0.25) is 0 Å². The molecule has 1 nitrogen and oxygen atoms in total. The minimum absolute atomic E-state index is 0.799. The average molecular weight is 714 g/mol. The fraction of sp³-hybridized carbons (Fsp3) is 0.920. The quantitative estimate of drug-likeness (QED) is 0.0449. The molecule has 304 valence electrons. The Morgan fingerprint density at radius 2 is 0.588 bits per heavy atom. The molecule has 1 heteroatoms. The van der Waals surface area contributed by atoms with Crippen molar-refractivity contribution in [2.75, 3.05) is 19.6 Å². The van der Waals surface area contributed by atoms with Gasteiger partial charge in [0.15, 0.2) is 0 Å². The number of allylic oxidation sites excluding steroid dienone is 2. The van der Waals surface area contributed by atoms with Gasteiger partial charge >= 0.3 is 0 Å². The molecule has 0 bridgehead atoms. The molecule has 0 aliphatic carbocycles. The van der Waals surface area contributed by atoms with E-state index in [-0.39, 0.29) is 0 Å². The van der Waals surface area contributed by atoms with E-state index in [1.807, 2.05) is 0 Å². The summed E-state index contributed by atoms with van der Waals surface area (Å²) in [5.74, 6) is 1.60. The van der Waals surface area contributed by atoms with E-state index >= 15 is 0 Å². The number of nitrogens with zero attached hydrogens (tertiary/aromatic N) is 1. The predicted octanol–water partition coefficient (Wildman–Crippen LogP) is 17.8. The Morgan fingerprint density at radius 3 is 0.941 bits per heavy atom. The summed E-state index contributed by atoms with van der Waals surface area (Å²) >= 11 is 0. The van der Waals surface area contributed by atoms with Crippen LogP contribution >= 0.6 is 0 Å². The second kappa shape index (κ2) is 40.6. The van der Waals surface area contributed by atoms with Gasteiger partial charge in [0.25, 0.3) is 0 Å². The van der Waals surface area contributed by atoms with Crippen molar-refractivity contribution in [1.82, 2.24) is 4.90 Å². The molecule has 51 heavy (non-hydrogen) atoms. The standard InChI is InChI=1S/C50H99N/c1-8-13-18-34-42-49(40-15-10-3)47(6)38-32-28-24-20-22-26-30-36-45-51(44-17-12-5)46-37-31-27-23-21-25-29-33-39-48(7)50(41-16-11-4)43-35-19-14-9-2/h49-50H,6-46H2,1-5H3. The highest BCUT2D eigenvalue weighted by Gasteiger charge is 2.13. The zero-order valence-corrected chi connectivity index (χ0v) is 36.6. The van der Waals surface area contributed by atoms with Crippen LogP contribution in [0.1, 0.15) is 266 Å². The van der Waals surface area contributed by atoms with Crippen molar-refractivity contribution in [3.05, 3.63) is 24.3 Å². The van der Waals surface area contributed by atoms with Crippen LogP contribution in [0.25, 0.3) is 0 Å². The Morgan fingerprint density at radius 1 is 0.314 bits per heavy atom. The molecule has 0 spiro atoms. The first-order chi connectivity index (χ1) is 25.0. The third-order valence-electron chi connectivity index (χ3n) is 12.1. The first kappa shape index (κ1) is 50.4. The molecule has 0 aromatic heterocycles. The molecule has 0 radical (unpaired) electrons. The Kier molecular flexibility index (Phi) is 40.2. The van der Waals surface area contributed by atoms with E-state index < -0.39 is 0 Å². The van der Waals surface area contributed by atoms with E-state index in [2.05, 4.69) is 52.7 Å². The van der Waals surface area contributed by atoms with Crippen LogP contribution in [0.4, 0.5) is 0 Å². The van der Waals surface area contributed by atoms with Gasteiger partial charge in [-0.1, -0.05) is 219 Å². The van der Waals surface area contributed by atoms with Gasteiger partial charge in [-0.05, 0) is 102 Å². The zero-order valence-electron chi connectivity index (χ0n) is 36.6. The minimum Gasteiger partial charge on any atom is -0.303 e. The summed E-state index contributed by atoms with van der Waals surface area (Å²) in [5.41, 5.74) is 3.16. The van der Waals surface area contributed by atoms with Crippen molar-refractivity contribution in [3.63, 3.8) is 0 Å². The van der Waals surface area contributed by atoms with Crippen LogP contribution in [0, 0.1) is 11.8 Å². The van der Waals surface area contributed by atoms with E-state index in [1.54, 1.807) is 11.1 Å².